The van der Waals surface area contributed by atoms with Crippen LogP contribution in [0.2, 0.25) is 0 Å². The van der Waals surface area contributed by atoms with Gasteiger partial charge in [-0.3, -0.25) is 4.79 Å². The summed E-state index contributed by atoms with van der Waals surface area (Å²) in [5.74, 6) is 1.48. The lowest BCUT2D eigenvalue weighted by atomic mass is 10.2. The molecule has 1 heterocycles. The zero-order valence-electron chi connectivity index (χ0n) is 13.4. The number of hydrogen-bond acceptors (Lipinski definition) is 7. The van der Waals surface area contributed by atoms with Gasteiger partial charge < -0.3 is 13.9 Å². The van der Waals surface area contributed by atoms with Crippen LogP contribution in [-0.4, -0.2) is 29.5 Å². The van der Waals surface area contributed by atoms with Crippen molar-refractivity contribution in [2.24, 2.45) is 0 Å². The fraction of sp³-hybridized carbons (Fsp3) is 0.118. The standard InChI is InChI=1S/C17H13IN2O4S/c1-22-12-7-8-13(14(9-12)23-2)15-19-20-17(24-15)25-16(21)10-3-5-11(18)6-4-10/h3-9H,1-2H3. The molecule has 0 amide bonds. The molecule has 0 unspecified atom stereocenters. The predicted molar refractivity (Wildman–Crippen MR) is 102 cm³/mol. The molecule has 0 aliphatic heterocycles. The van der Waals surface area contributed by atoms with Gasteiger partial charge >= 0.3 is 0 Å². The van der Waals surface area contributed by atoms with Crippen molar-refractivity contribution in [3.8, 4) is 23.0 Å². The number of rotatable bonds is 5. The molecule has 0 atom stereocenters. The van der Waals surface area contributed by atoms with Crippen LogP contribution in [0.3, 0.4) is 0 Å². The summed E-state index contributed by atoms with van der Waals surface area (Å²) < 4.78 is 17.2. The summed E-state index contributed by atoms with van der Waals surface area (Å²) in [6.07, 6.45) is 0. The first-order valence-corrected chi connectivity index (χ1v) is 9.04. The Balaban J connectivity index is 1.81. The second kappa shape index (κ2) is 7.87. The Kier molecular flexibility index (Phi) is 5.59. The minimum absolute atomic E-state index is 0.159. The summed E-state index contributed by atoms with van der Waals surface area (Å²) in [4.78, 5) is 12.3. The molecule has 0 N–H and O–H groups in total. The van der Waals surface area contributed by atoms with E-state index in [1.165, 1.54) is 0 Å². The molecular formula is C17H13IN2O4S. The molecule has 0 aliphatic rings. The van der Waals surface area contributed by atoms with Gasteiger partial charge in [-0.1, -0.05) is 0 Å². The summed E-state index contributed by atoms with van der Waals surface area (Å²) in [5.41, 5.74) is 1.21. The Labute approximate surface area is 162 Å². The number of halogens is 1. The molecule has 0 fully saturated rings. The number of methoxy groups -OCH3 is 2. The van der Waals surface area contributed by atoms with E-state index in [1.807, 2.05) is 12.1 Å². The maximum absolute atomic E-state index is 12.3. The van der Waals surface area contributed by atoms with E-state index >= 15 is 0 Å². The van der Waals surface area contributed by atoms with Crippen LogP contribution in [0.4, 0.5) is 0 Å². The Bertz CT molecular complexity index is 896. The summed E-state index contributed by atoms with van der Waals surface area (Å²) in [5, 5.41) is 7.95. The molecule has 0 spiro atoms. The molecule has 0 aliphatic carbocycles. The highest BCUT2D eigenvalue weighted by Gasteiger charge is 2.17. The summed E-state index contributed by atoms with van der Waals surface area (Å²) >= 11 is 3.08. The Morgan fingerprint density at radius 2 is 1.84 bits per heavy atom. The third kappa shape index (κ3) is 4.13. The maximum atomic E-state index is 12.3. The van der Waals surface area contributed by atoms with E-state index in [0.29, 0.717) is 22.6 Å². The molecule has 0 saturated heterocycles. The minimum Gasteiger partial charge on any atom is -0.497 e. The van der Waals surface area contributed by atoms with E-state index in [2.05, 4.69) is 32.8 Å². The monoisotopic (exact) mass is 468 g/mol. The smallest absolute Gasteiger partial charge is 0.284 e. The van der Waals surface area contributed by atoms with Crippen LogP contribution in [0.1, 0.15) is 10.4 Å². The highest BCUT2D eigenvalue weighted by molar-refractivity contribution is 14.1. The van der Waals surface area contributed by atoms with Crippen LogP contribution in [0.15, 0.2) is 52.1 Å². The first-order valence-electron chi connectivity index (χ1n) is 7.14. The average Bonchev–Trinajstić information content (AvgIpc) is 3.09. The highest BCUT2D eigenvalue weighted by Crippen LogP contribution is 2.34. The average molecular weight is 468 g/mol. The molecule has 128 valence electrons. The van der Waals surface area contributed by atoms with Crippen LogP contribution >= 0.6 is 34.4 Å². The predicted octanol–water partition coefficient (Wildman–Crippen LogP) is 4.29. The molecule has 6 nitrogen and oxygen atoms in total. The molecule has 0 saturated carbocycles. The van der Waals surface area contributed by atoms with E-state index in [4.69, 9.17) is 13.9 Å². The molecule has 25 heavy (non-hydrogen) atoms. The van der Waals surface area contributed by atoms with E-state index in [9.17, 15) is 4.79 Å². The number of carbonyl (C=O) groups is 1. The third-order valence-electron chi connectivity index (χ3n) is 3.31. The van der Waals surface area contributed by atoms with Gasteiger partial charge in [0, 0.05) is 27.0 Å². The number of hydrogen-bond donors (Lipinski definition) is 0. The number of thioether (sulfide) groups is 1. The lowest BCUT2D eigenvalue weighted by Gasteiger charge is -2.07. The molecule has 2 aromatic carbocycles. The first kappa shape index (κ1) is 17.7. The van der Waals surface area contributed by atoms with Gasteiger partial charge in [0.2, 0.25) is 5.12 Å². The molecule has 0 bridgehead atoms. The summed E-state index contributed by atoms with van der Waals surface area (Å²) in [6.45, 7) is 0. The van der Waals surface area contributed by atoms with E-state index in [0.717, 1.165) is 15.3 Å². The SMILES string of the molecule is COc1ccc(-c2nnc(SC(=O)c3ccc(I)cc3)o2)c(OC)c1. The van der Waals surface area contributed by atoms with Gasteiger partial charge in [-0.15, -0.1) is 10.2 Å². The van der Waals surface area contributed by atoms with Crippen molar-refractivity contribution >= 4 is 39.5 Å². The third-order valence-corrected chi connectivity index (χ3v) is 4.79. The number of carbonyl (C=O) groups excluding carboxylic acids is 1. The normalized spacial score (nSPS) is 10.5. The Hall–Kier alpha value is -2.07. The fourth-order valence-corrected chi connectivity index (χ4v) is 3.03. The molecule has 3 aromatic rings. The van der Waals surface area contributed by atoms with Crippen molar-refractivity contribution in [1.82, 2.24) is 10.2 Å². The second-order valence-electron chi connectivity index (χ2n) is 4.84. The number of nitrogens with zero attached hydrogens (tertiary/aromatic N) is 2. The Morgan fingerprint density at radius 1 is 1.08 bits per heavy atom. The highest BCUT2D eigenvalue weighted by atomic mass is 127. The van der Waals surface area contributed by atoms with Crippen molar-refractivity contribution in [3.05, 3.63) is 51.6 Å². The zero-order valence-corrected chi connectivity index (χ0v) is 16.3. The van der Waals surface area contributed by atoms with Crippen molar-refractivity contribution in [2.75, 3.05) is 14.2 Å². The van der Waals surface area contributed by atoms with Crippen LogP contribution in [-0.2, 0) is 0 Å². The van der Waals surface area contributed by atoms with E-state index in [-0.39, 0.29) is 16.2 Å². The minimum atomic E-state index is -0.159. The molecule has 1 aromatic heterocycles. The number of ether oxygens (including phenoxy) is 2. The van der Waals surface area contributed by atoms with Crippen LogP contribution in [0.5, 0.6) is 11.5 Å². The number of benzene rings is 2. The maximum Gasteiger partial charge on any atom is 0.284 e. The largest absolute Gasteiger partial charge is 0.497 e. The summed E-state index contributed by atoms with van der Waals surface area (Å²) in [6, 6.07) is 12.5. The Morgan fingerprint density at radius 3 is 2.52 bits per heavy atom. The first-order chi connectivity index (χ1) is 12.1. The van der Waals surface area contributed by atoms with E-state index < -0.39 is 0 Å². The zero-order chi connectivity index (χ0) is 17.8. The lowest BCUT2D eigenvalue weighted by Crippen LogP contribution is -1.92. The van der Waals surface area contributed by atoms with Crippen LogP contribution in [0.25, 0.3) is 11.5 Å². The van der Waals surface area contributed by atoms with Crippen molar-refractivity contribution in [2.45, 2.75) is 5.22 Å². The van der Waals surface area contributed by atoms with Gasteiger partial charge in [0.1, 0.15) is 11.5 Å². The summed E-state index contributed by atoms with van der Waals surface area (Å²) in [7, 11) is 3.12. The van der Waals surface area contributed by atoms with Gasteiger partial charge in [-0.2, -0.15) is 0 Å². The van der Waals surface area contributed by atoms with Gasteiger partial charge in [-0.05, 0) is 59.0 Å². The van der Waals surface area contributed by atoms with Crippen LogP contribution < -0.4 is 9.47 Å². The van der Waals surface area contributed by atoms with Crippen LogP contribution in [0, 0.1) is 3.57 Å². The molecule has 0 radical (unpaired) electrons. The fourth-order valence-electron chi connectivity index (χ4n) is 2.06. The van der Waals surface area contributed by atoms with Gasteiger partial charge in [0.05, 0.1) is 19.8 Å². The molecule has 8 heteroatoms. The van der Waals surface area contributed by atoms with Gasteiger partial charge in [0.15, 0.2) is 0 Å². The molecular weight excluding hydrogens is 455 g/mol. The second-order valence-corrected chi connectivity index (χ2v) is 7.01. The van der Waals surface area contributed by atoms with Gasteiger partial charge in [0.25, 0.3) is 11.1 Å². The molecule has 3 rings (SSSR count). The van der Waals surface area contributed by atoms with Crippen molar-refractivity contribution < 1.29 is 18.7 Å². The van der Waals surface area contributed by atoms with Gasteiger partial charge in [-0.25, -0.2) is 0 Å². The quantitative estimate of drug-likeness (QED) is 0.409. The van der Waals surface area contributed by atoms with Crippen molar-refractivity contribution in [1.29, 1.82) is 0 Å². The van der Waals surface area contributed by atoms with E-state index in [1.54, 1.807) is 44.6 Å². The topological polar surface area (TPSA) is 74.5 Å². The van der Waals surface area contributed by atoms with Crippen molar-refractivity contribution in [3.63, 3.8) is 0 Å². The lowest BCUT2D eigenvalue weighted by molar-refractivity contribution is 0.108. The number of aromatic nitrogens is 2.